The molecule has 1 N–H and O–H groups in total. The molecular formula is C25H30FN7O3. The maximum absolute atomic E-state index is 14.4. The van der Waals surface area contributed by atoms with E-state index in [2.05, 4.69) is 26.4 Å². The molecule has 1 fully saturated rings. The number of carbonyl (C=O) groups excluding carboxylic acids is 1. The lowest BCUT2D eigenvalue weighted by atomic mass is 9.86. The fraction of sp³-hybridized carbons (Fsp3) is 0.480. The lowest BCUT2D eigenvalue weighted by Gasteiger charge is -2.36. The van der Waals surface area contributed by atoms with Gasteiger partial charge in [0, 0.05) is 37.3 Å². The van der Waals surface area contributed by atoms with E-state index in [9.17, 15) is 9.18 Å². The van der Waals surface area contributed by atoms with Gasteiger partial charge in [-0.2, -0.15) is 4.98 Å². The minimum Gasteiger partial charge on any atom is -0.481 e. The van der Waals surface area contributed by atoms with Crippen molar-refractivity contribution in [3.8, 4) is 23.3 Å². The predicted octanol–water partition coefficient (Wildman–Crippen LogP) is 2.87. The minimum atomic E-state index is -0.640. The van der Waals surface area contributed by atoms with E-state index >= 15 is 0 Å². The number of carbonyl (C=O) groups is 1. The second-order valence-corrected chi connectivity index (χ2v) is 9.56. The number of fused-ring (bicyclic) bond motifs is 1. The molecule has 3 aromatic heterocycles. The number of methoxy groups -OCH3 is 2. The van der Waals surface area contributed by atoms with Gasteiger partial charge < -0.3 is 19.7 Å². The summed E-state index contributed by atoms with van der Waals surface area (Å²) in [6, 6.07) is 4.02. The molecule has 2 aliphatic heterocycles. The number of nitrogens with zero attached hydrogens (tertiary/aromatic N) is 6. The first-order valence-corrected chi connectivity index (χ1v) is 12.0. The molecule has 2 aliphatic rings. The molecule has 10 nitrogen and oxygen atoms in total. The summed E-state index contributed by atoms with van der Waals surface area (Å²) >= 11 is 0. The molecule has 0 radical (unpaired) electrons. The van der Waals surface area contributed by atoms with Gasteiger partial charge in [-0.15, -0.1) is 5.10 Å². The average molecular weight is 496 g/mol. The lowest BCUT2D eigenvalue weighted by Crippen LogP contribution is -2.46. The second kappa shape index (κ2) is 9.03. The van der Waals surface area contributed by atoms with Crippen LogP contribution in [-0.2, 0) is 18.3 Å². The SMILES string of the molecule is COc1cc([C@@H](C)C(=O)N2CC[C@]3(CCc4cc(-c5nc(OC)n(C)n5)c(C)nc4N3)C2)c(F)cn1. The summed E-state index contributed by atoms with van der Waals surface area (Å²) in [5.74, 6) is 0.437. The summed E-state index contributed by atoms with van der Waals surface area (Å²) in [5.41, 5.74) is 2.81. The molecule has 3 aromatic rings. The van der Waals surface area contributed by atoms with Gasteiger partial charge in [0.25, 0.3) is 0 Å². The van der Waals surface area contributed by atoms with Gasteiger partial charge in [0.1, 0.15) is 11.6 Å². The number of hydrogen-bond donors (Lipinski definition) is 1. The Morgan fingerprint density at radius 2 is 2.03 bits per heavy atom. The molecule has 2 atom stereocenters. The zero-order valence-corrected chi connectivity index (χ0v) is 21.1. The maximum Gasteiger partial charge on any atom is 0.314 e. The Kier molecular flexibility index (Phi) is 6.01. The quantitative estimate of drug-likeness (QED) is 0.576. The van der Waals surface area contributed by atoms with Crippen LogP contribution in [0.5, 0.6) is 11.9 Å². The van der Waals surface area contributed by atoms with Crippen LogP contribution >= 0.6 is 0 Å². The van der Waals surface area contributed by atoms with Crippen LogP contribution in [0, 0.1) is 12.7 Å². The van der Waals surface area contributed by atoms with Gasteiger partial charge in [0.2, 0.25) is 11.8 Å². The molecular weight excluding hydrogens is 465 g/mol. The highest BCUT2D eigenvalue weighted by Crippen LogP contribution is 2.39. The van der Waals surface area contributed by atoms with E-state index < -0.39 is 11.7 Å². The van der Waals surface area contributed by atoms with Crippen LogP contribution in [0.2, 0.25) is 0 Å². The fourth-order valence-electron chi connectivity index (χ4n) is 5.17. The Labute approximate surface area is 208 Å². The van der Waals surface area contributed by atoms with E-state index in [0.29, 0.717) is 30.5 Å². The highest BCUT2D eigenvalue weighted by atomic mass is 19.1. The number of rotatable bonds is 5. The number of aryl methyl sites for hydroxylation is 3. The molecule has 0 aliphatic carbocycles. The van der Waals surface area contributed by atoms with Crippen molar-refractivity contribution in [3.63, 3.8) is 0 Å². The topological polar surface area (TPSA) is 107 Å². The fourth-order valence-corrected chi connectivity index (χ4v) is 5.17. The van der Waals surface area contributed by atoms with E-state index in [-0.39, 0.29) is 17.3 Å². The van der Waals surface area contributed by atoms with Gasteiger partial charge in [-0.05, 0) is 44.7 Å². The third kappa shape index (κ3) is 4.12. The van der Waals surface area contributed by atoms with Crippen LogP contribution in [0.25, 0.3) is 11.4 Å². The number of ether oxygens (including phenoxy) is 2. The zero-order valence-electron chi connectivity index (χ0n) is 21.1. The normalized spacial score (nSPS) is 19.7. The van der Waals surface area contributed by atoms with Crippen molar-refractivity contribution in [1.82, 2.24) is 29.6 Å². The summed E-state index contributed by atoms with van der Waals surface area (Å²) < 4.78 is 26.4. The van der Waals surface area contributed by atoms with Crippen LogP contribution in [0.3, 0.4) is 0 Å². The Balaban J connectivity index is 1.33. The van der Waals surface area contributed by atoms with Crippen LogP contribution in [-0.4, -0.2) is 68.4 Å². The molecule has 0 saturated carbocycles. The highest BCUT2D eigenvalue weighted by Gasteiger charge is 2.43. The first-order chi connectivity index (χ1) is 17.2. The molecule has 0 unspecified atom stereocenters. The van der Waals surface area contributed by atoms with Crippen molar-refractivity contribution < 1.29 is 18.7 Å². The standard InChI is InChI=1S/C25H30FN7O3/c1-14(17-11-20(35-4)27-12-19(17)26)23(34)33-9-8-25(13-33)7-6-16-10-18(15(2)28-21(16)30-25)22-29-24(36-5)32(3)31-22/h10-12,14H,6-9,13H2,1-5H3,(H,28,30)/t14-,25-/m1/s1. The summed E-state index contributed by atoms with van der Waals surface area (Å²) in [6.07, 6.45) is 3.58. The smallest absolute Gasteiger partial charge is 0.314 e. The predicted molar refractivity (Wildman–Crippen MR) is 131 cm³/mol. The van der Waals surface area contributed by atoms with Gasteiger partial charge in [0.15, 0.2) is 5.82 Å². The van der Waals surface area contributed by atoms with Crippen molar-refractivity contribution in [2.75, 3.05) is 32.6 Å². The zero-order chi connectivity index (χ0) is 25.6. The summed E-state index contributed by atoms with van der Waals surface area (Å²) in [6.45, 7) is 4.80. The molecule has 5 rings (SSSR count). The summed E-state index contributed by atoms with van der Waals surface area (Å²) in [7, 11) is 4.82. The number of anilines is 1. The van der Waals surface area contributed by atoms with E-state index in [1.54, 1.807) is 25.8 Å². The second-order valence-electron chi connectivity index (χ2n) is 9.56. The van der Waals surface area contributed by atoms with Crippen molar-refractivity contribution >= 4 is 11.7 Å². The lowest BCUT2D eigenvalue weighted by molar-refractivity contribution is -0.131. The van der Waals surface area contributed by atoms with E-state index in [1.807, 2.05) is 11.8 Å². The largest absolute Gasteiger partial charge is 0.481 e. The van der Waals surface area contributed by atoms with Gasteiger partial charge in [-0.3, -0.25) is 4.79 Å². The van der Waals surface area contributed by atoms with Crippen LogP contribution < -0.4 is 14.8 Å². The molecule has 11 heteroatoms. The third-order valence-electron chi connectivity index (χ3n) is 7.27. The third-order valence-corrected chi connectivity index (χ3v) is 7.27. The van der Waals surface area contributed by atoms with E-state index in [0.717, 1.165) is 48.1 Å². The molecule has 0 aromatic carbocycles. The van der Waals surface area contributed by atoms with Crippen molar-refractivity contribution in [3.05, 3.63) is 41.0 Å². The van der Waals surface area contributed by atoms with Crippen molar-refractivity contribution in [1.29, 1.82) is 0 Å². The Bertz CT molecular complexity index is 1330. The minimum absolute atomic E-state index is 0.110. The van der Waals surface area contributed by atoms with Crippen molar-refractivity contribution in [2.24, 2.45) is 7.05 Å². The van der Waals surface area contributed by atoms with Gasteiger partial charge in [-0.1, -0.05) is 0 Å². The number of amides is 1. The average Bonchev–Trinajstić information content (AvgIpc) is 3.46. The molecule has 5 heterocycles. The monoisotopic (exact) mass is 495 g/mol. The van der Waals surface area contributed by atoms with E-state index in [1.165, 1.54) is 13.2 Å². The number of pyridine rings is 2. The van der Waals surface area contributed by atoms with Crippen molar-refractivity contribution in [2.45, 2.75) is 44.6 Å². The molecule has 36 heavy (non-hydrogen) atoms. The number of aromatic nitrogens is 5. The molecule has 190 valence electrons. The molecule has 1 saturated heterocycles. The molecule has 1 spiro atoms. The molecule has 0 bridgehead atoms. The van der Waals surface area contributed by atoms with Gasteiger partial charge in [-0.25, -0.2) is 19.0 Å². The van der Waals surface area contributed by atoms with Crippen LogP contribution in [0.4, 0.5) is 10.2 Å². The number of hydrogen-bond acceptors (Lipinski definition) is 8. The Morgan fingerprint density at radius 1 is 1.22 bits per heavy atom. The van der Waals surface area contributed by atoms with E-state index in [4.69, 9.17) is 14.5 Å². The maximum atomic E-state index is 14.4. The first kappa shape index (κ1) is 24.0. The summed E-state index contributed by atoms with van der Waals surface area (Å²) in [4.78, 5) is 28.3. The van der Waals surface area contributed by atoms with Crippen LogP contribution in [0.15, 0.2) is 18.3 Å². The molecule has 1 amide bonds. The highest BCUT2D eigenvalue weighted by molar-refractivity contribution is 5.84. The van der Waals surface area contributed by atoms with Gasteiger partial charge in [0.05, 0.1) is 37.6 Å². The number of likely N-dealkylation sites (tertiary alicyclic amines) is 1. The number of halogens is 1. The Hall–Kier alpha value is -3.76. The van der Waals surface area contributed by atoms with Gasteiger partial charge >= 0.3 is 6.01 Å². The van der Waals surface area contributed by atoms with Crippen LogP contribution in [0.1, 0.15) is 42.5 Å². The summed E-state index contributed by atoms with van der Waals surface area (Å²) in [5, 5.41) is 8.09. The Morgan fingerprint density at radius 3 is 2.75 bits per heavy atom. The number of nitrogens with one attached hydrogen (secondary N) is 1. The first-order valence-electron chi connectivity index (χ1n) is 12.0.